The third kappa shape index (κ3) is 23.7. The van der Waals surface area contributed by atoms with Crippen molar-refractivity contribution in [3.63, 3.8) is 0 Å². The lowest BCUT2D eigenvalue weighted by molar-refractivity contribution is -0.161. The Morgan fingerprint density at radius 3 is 1.94 bits per heavy atom. The number of hydrogen-bond acceptors (Lipinski definition) is 6. The fourth-order valence-electron chi connectivity index (χ4n) is 3.11. The van der Waals surface area contributed by atoms with E-state index in [9.17, 15) is 14.2 Å². The fraction of sp³-hybridized carbons (Fsp3) is 0.833. The number of esters is 2. The number of phosphoric ester groups is 1. The lowest BCUT2D eigenvalue weighted by atomic mass is 10.1. The van der Waals surface area contributed by atoms with Crippen LogP contribution in [0.1, 0.15) is 110 Å². The highest BCUT2D eigenvalue weighted by atomic mass is 31.2. The fourth-order valence-corrected chi connectivity index (χ4v) is 3.48. The van der Waals surface area contributed by atoms with Crippen molar-refractivity contribution in [1.29, 1.82) is 0 Å². The molecule has 9 heteroatoms. The quantitative estimate of drug-likeness (QED) is 0.0817. The summed E-state index contributed by atoms with van der Waals surface area (Å²) in [5.74, 6) is -0.921. The van der Waals surface area contributed by atoms with Crippen molar-refractivity contribution >= 4 is 19.8 Å². The topological polar surface area (TPSA) is 119 Å². The third-order valence-electron chi connectivity index (χ3n) is 5.03. The van der Waals surface area contributed by atoms with Crippen LogP contribution < -0.4 is 0 Å². The molecule has 2 N–H and O–H groups in total. The first-order valence-electron chi connectivity index (χ1n) is 12.5. The van der Waals surface area contributed by atoms with Gasteiger partial charge in [0.25, 0.3) is 0 Å². The Balaban J connectivity index is 4.11. The molecule has 0 aliphatic heterocycles. The molecule has 0 unspecified atom stereocenters. The molecule has 33 heavy (non-hydrogen) atoms. The van der Waals surface area contributed by atoms with Gasteiger partial charge in [0, 0.05) is 12.8 Å². The van der Waals surface area contributed by atoms with Crippen LogP contribution in [0.25, 0.3) is 0 Å². The predicted molar refractivity (Wildman–Crippen MR) is 129 cm³/mol. The molecule has 0 amide bonds. The van der Waals surface area contributed by atoms with Gasteiger partial charge in [0.2, 0.25) is 0 Å². The van der Waals surface area contributed by atoms with Gasteiger partial charge < -0.3 is 19.3 Å². The SMILES string of the molecule is CCCC/C=C\CCCCCCCC(=O)O[C@H](COC(=O)CCCCCC)COP(=O)(O)O. The standard InChI is InChI=1S/C24H45O8P/c1-3-5-7-9-10-11-12-13-14-15-17-19-24(26)32-22(21-31-33(27,28)29)20-30-23(25)18-16-8-6-4-2/h9-10,22H,3-8,11-21H2,1-2H3,(H2,27,28,29)/b10-9-/t22-/m1/s1. The third-order valence-corrected chi connectivity index (χ3v) is 5.52. The van der Waals surface area contributed by atoms with Gasteiger partial charge in [-0.15, -0.1) is 0 Å². The molecular weight excluding hydrogens is 447 g/mol. The van der Waals surface area contributed by atoms with Gasteiger partial charge in [0.15, 0.2) is 6.10 Å². The number of ether oxygens (including phenoxy) is 2. The van der Waals surface area contributed by atoms with Crippen molar-refractivity contribution in [3.05, 3.63) is 12.2 Å². The summed E-state index contributed by atoms with van der Waals surface area (Å²) in [4.78, 5) is 41.7. The van der Waals surface area contributed by atoms with Crippen LogP contribution in [-0.2, 0) is 28.2 Å². The minimum Gasteiger partial charge on any atom is -0.462 e. The van der Waals surface area contributed by atoms with E-state index in [0.29, 0.717) is 12.8 Å². The van der Waals surface area contributed by atoms with Crippen molar-refractivity contribution in [2.24, 2.45) is 0 Å². The van der Waals surface area contributed by atoms with Crippen LogP contribution in [0.2, 0.25) is 0 Å². The smallest absolute Gasteiger partial charge is 0.462 e. The zero-order chi connectivity index (χ0) is 24.8. The summed E-state index contributed by atoms with van der Waals surface area (Å²) in [5, 5.41) is 0. The van der Waals surface area contributed by atoms with Crippen molar-refractivity contribution in [2.45, 2.75) is 116 Å². The number of unbranched alkanes of at least 4 members (excludes halogenated alkanes) is 10. The maximum atomic E-state index is 12.1. The molecule has 194 valence electrons. The molecule has 0 rings (SSSR count). The Morgan fingerprint density at radius 2 is 1.30 bits per heavy atom. The van der Waals surface area contributed by atoms with Gasteiger partial charge in [0.1, 0.15) is 6.61 Å². The maximum Gasteiger partial charge on any atom is 0.469 e. The van der Waals surface area contributed by atoms with E-state index in [1.165, 1.54) is 12.8 Å². The molecule has 0 radical (unpaired) electrons. The molecule has 8 nitrogen and oxygen atoms in total. The molecule has 0 bridgehead atoms. The zero-order valence-corrected chi connectivity index (χ0v) is 21.4. The first kappa shape index (κ1) is 31.8. The van der Waals surface area contributed by atoms with E-state index < -0.39 is 32.5 Å². The highest BCUT2D eigenvalue weighted by molar-refractivity contribution is 7.46. The molecule has 0 saturated carbocycles. The van der Waals surface area contributed by atoms with Crippen molar-refractivity contribution in [3.8, 4) is 0 Å². The molecule has 0 aromatic carbocycles. The number of hydrogen-bond donors (Lipinski definition) is 2. The summed E-state index contributed by atoms with van der Waals surface area (Å²) in [6.07, 6.45) is 17.2. The van der Waals surface area contributed by atoms with E-state index in [0.717, 1.165) is 57.8 Å². The van der Waals surface area contributed by atoms with Crippen LogP contribution in [0, 0.1) is 0 Å². The Labute approximate surface area is 199 Å². The van der Waals surface area contributed by atoms with Crippen LogP contribution in [0.3, 0.4) is 0 Å². The van der Waals surface area contributed by atoms with Crippen LogP contribution in [0.5, 0.6) is 0 Å². The first-order chi connectivity index (χ1) is 15.8. The van der Waals surface area contributed by atoms with Crippen molar-refractivity contribution in [2.75, 3.05) is 13.2 Å². The Kier molecular flexibility index (Phi) is 20.5. The highest BCUT2D eigenvalue weighted by Crippen LogP contribution is 2.35. The van der Waals surface area contributed by atoms with E-state index in [4.69, 9.17) is 19.3 Å². The van der Waals surface area contributed by atoms with Crippen LogP contribution in [0.4, 0.5) is 0 Å². The van der Waals surface area contributed by atoms with Crippen molar-refractivity contribution in [1.82, 2.24) is 0 Å². The average Bonchev–Trinajstić information content (AvgIpc) is 2.76. The molecule has 0 aliphatic carbocycles. The van der Waals surface area contributed by atoms with Crippen molar-refractivity contribution < 1.29 is 37.9 Å². The molecular formula is C24H45O8P. The van der Waals surface area contributed by atoms with E-state index in [-0.39, 0.29) is 19.4 Å². The highest BCUT2D eigenvalue weighted by Gasteiger charge is 2.22. The van der Waals surface area contributed by atoms with Gasteiger partial charge in [-0.2, -0.15) is 0 Å². The Hall–Kier alpha value is -1.21. The van der Waals surface area contributed by atoms with E-state index >= 15 is 0 Å². The molecule has 0 saturated heterocycles. The minimum absolute atomic E-state index is 0.203. The molecule has 0 aromatic heterocycles. The predicted octanol–water partition coefficient (Wildman–Crippen LogP) is 6.00. The van der Waals surface area contributed by atoms with Gasteiger partial charge in [-0.3, -0.25) is 14.1 Å². The molecule has 0 fully saturated rings. The number of carbonyl (C=O) groups excluding carboxylic acids is 2. The largest absolute Gasteiger partial charge is 0.469 e. The van der Waals surface area contributed by atoms with Gasteiger partial charge >= 0.3 is 19.8 Å². The maximum absolute atomic E-state index is 12.1. The normalized spacial score (nSPS) is 12.7. The van der Waals surface area contributed by atoms with Crippen LogP contribution in [-0.4, -0.2) is 41.0 Å². The summed E-state index contributed by atoms with van der Waals surface area (Å²) >= 11 is 0. The van der Waals surface area contributed by atoms with Crippen LogP contribution >= 0.6 is 7.82 Å². The summed E-state index contributed by atoms with van der Waals surface area (Å²) in [7, 11) is -4.72. The number of phosphoric acid groups is 1. The van der Waals surface area contributed by atoms with Gasteiger partial charge in [-0.25, -0.2) is 4.57 Å². The number of rotatable bonds is 22. The average molecular weight is 493 g/mol. The number of carbonyl (C=O) groups is 2. The summed E-state index contributed by atoms with van der Waals surface area (Å²) in [6.45, 7) is 3.44. The first-order valence-corrected chi connectivity index (χ1v) is 14.0. The van der Waals surface area contributed by atoms with E-state index in [1.54, 1.807) is 0 Å². The van der Waals surface area contributed by atoms with Gasteiger partial charge in [-0.05, 0) is 32.1 Å². The van der Waals surface area contributed by atoms with Gasteiger partial charge in [0.05, 0.1) is 6.61 Å². The molecule has 0 aromatic rings. The van der Waals surface area contributed by atoms with Gasteiger partial charge in [-0.1, -0.05) is 77.4 Å². The second-order valence-electron chi connectivity index (χ2n) is 8.31. The molecule has 0 aliphatic rings. The lowest BCUT2D eigenvalue weighted by Crippen LogP contribution is -2.29. The second kappa shape index (κ2) is 21.3. The Morgan fingerprint density at radius 1 is 0.758 bits per heavy atom. The van der Waals surface area contributed by atoms with Crippen LogP contribution in [0.15, 0.2) is 12.2 Å². The lowest BCUT2D eigenvalue weighted by Gasteiger charge is -2.18. The number of allylic oxidation sites excluding steroid dienone is 2. The zero-order valence-electron chi connectivity index (χ0n) is 20.5. The Bertz CT molecular complexity index is 573. The molecule has 0 spiro atoms. The van der Waals surface area contributed by atoms with E-state index in [2.05, 4.69) is 30.5 Å². The van der Waals surface area contributed by atoms with E-state index in [1.807, 2.05) is 0 Å². The second-order valence-corrected chi connectivity index (χ2v) is 9.55. The summed E-state index contributed by atoms with van der Waals surface area (Å²) in [5.41, 5.74) is 0. The minimum atomic E-state index is -4.72. The summed E-state index contributed by atoms with van der Waals surface area (Å²) in [6, 6.07) is 0. The molecule has 1 atom stereocenters. The molecule has 0 heterocycles. The monoisotopic (exact) mass is 492 g/mol. The summed E-state index contributed by atoms with van der Waals surface area (Å²) < 4.78 is 25.8.